The van der Waals surface area contributed by atoms with Crippen LogP contribution in [0.25, 0.3) is 11.0 Å². The molecule has 4 heteroatoms. The second-order valence-electron chi connectivity index (χ2n) is 2.46. The van der Waals surface area contributed by atoms with E-state index in [1.807, 2.05) is 0 Å². The van der Waals surface area contributed by atoms with Crippen LogP contribution < -0.4 is 4.74 Å². The first kappa shape index (κ1) is 7.67. The largest absolute Gasteiger partial charge is 0.511 e. The lowest BCUT2D eigenvalue weighted by Crippen LogP contribution is -2.01. The van der Waals surface area contributed by atoms with Gasteiger partial charge in [0.05, 0.1) is 5.39 Å². The molecule has 2 aromatic rings. The van der Waals surface area contributed by atoms with E-state index in [-0.39, 0.29) is 5.75 Å². The summed E-state index contributed by atoms with van der Waals surface area (Å²) in [6.45, 7) is 0. The van der Waals surface area contributed by atoms with Gasteiger partial charge in [-0.15, -0.1) is 0 Å². The Morgan fingerprint density at radius 2 is 2.15 bits per heavy atom. The van der Waals surface area contributed by atoms with Crippen molar-refractivity contribution in [2.75, 3.05) is 0 Å². The number of ether oxygens (including phenoxy) is 1. The Morgan fingerprint density at radius 3 is 2.92 bits per heavy atom. The molecule has 1 heterocycles. The number of carboxylic acid groups (broad SMARTS) is 1. The van der Waals surface area contributed by atoms with E-state index in [0.717, 1.165) is 0 Å². The van der Waals surface area contributed by atoms with Gasteiger partial charge in [-0.05, 0) is 12.1 Å². The molecule has 0 aliphatic carbocycles. The van der Waals surface area contributed by atoms with Crippen molar-refractivity contribution in [2.45, 2.75) is 0 Å². The molecule has 1 aromatic carbocycles. The minimum absolute atomic E-state index is 0.225. The molecule has 1 N–H and O–H groups in total. The van der Waals surface area contributed by atoms with Gasteiger partial charge in [0, 0.05) is 0 Å². The molecule has 0 saturated heterocycles. The summed E-state index contributed by atoms with van der Waals surface area (Å²) in [4.78, 5) is 10.2. The number of benzene rings is 1. The Labute approximate surface area is 73.3 Å². The zero-order valence-electron chi connectivity index (χ0n) is 6.56. The van der Waals surface area contributed by atoms with Gasteiger partial charge in [-0.3, -0.25) is 0 Å². The van der Waals surface area contributed by atoms with E-state index in [1.54, 1.807) is 24.3 Å². The lowest BCUT2D eigenvalue weighted by molar-refractivity contribution is 0.144. The molecule has 0 saturated carbocycles. The summed E-state index contributed by atoms with van der Waals surface area (Å²) < 4.78 is 9.55. The van der Waals surface area contributed by atoms with Crippen molar-refractivity contribution in [1.29, 1.82) is 0 Å². The molecule has 0 unspecified atom stereocenters. The molecule has 0 atom stereocenters. The zero-order valence-corrected chi connectivity index (χ0v) is 6.56. The van der Waals surface area contributed by atoms with Crippen LogP contribution in [-0.2, 0) is 0 Å². The van der Waals surface area contributed by atoms with E-state index in [1.165, 1.54) is 6.26 Å². The lowest BCUT2D eigenvalue weighted by Gasteiger charge is -1.93. The maximum Gasteiger partial charge on any atom is 0.511 e. The average molecular weight is 178 g/mol. The quantitative estimate of drug-likeness (QED) is 0.681. The summed E-state index contributed by atoms with van der Waals surface area (Å²) in [5, 5.41) is 9.04. The number of para-hydroxylation sites is 1. The summed E-state index contributed by atoms with van der Waals surface area (Å²) in [5.41, 5.74) is 0.610. The van der Waals surface area contributed by atoms with Crippen LogP contribution in [-0.4, -0.2) is 11.3 Å². The van der Waals surface area contributed by atoms with E-state index in [0.29, 0.717) is 11.0 Å². The zero-order chi connectivity index (χ0) is 9.26. The maximum atomic E-state index is 10.2. The molecular weight excluding hydrogens is 172 g/mol. The minimum atomic E-state index is -1.34. The van der Waals surface area contributed by atoms with Gasteiger partial charge in [-0.2, -0.15) is 0 Å². The number of fused-ring (bicyclic) bond motifs is 1. The van der Waals surface area contributed by atoms with Gasteiger partial charge in [0.25, 0.3) is 0 Å². The molecular formula is C9H6O4. The van der Waals surface area contributed by atoms with Gasteiger partial charge < -0.3 is 14.3 Å². The second kappa shape index (κ2) is 2.82. The number of hydrogen-bond donors (Lipinski definition) is 1. The second-order valence-corrected chi connectivity index (χ2v) is 2.46. The van der Waals surface area contributed by atoms with Crippen LogP contribution in [0.1, 0.15) is 0 Å². The summed E-state index contributed by atoms with van der Waals surface area (Å²) in [6.07, 6.45) is -0.0646. The van der Waals surface area contributed by atoms with Crippen LogP contribution in [0.5, 0.6) is 5.75 Å². The van der Waals surface area contributed by atoms with Crippen molar-refractivity contribution in [3.63, 3.8) is 0 Å². The van der Waals surface area contributed by atoms with E-state index < -0.39 is 6.16 Å². The van der Waals surface area contributed by atoms with Crippen LogP contribution >= 0.6 is 0 Å². The Kier molecular flexibility index (Phi) is 1.66. The highest BCUT2D eigenvalue weighted by molar-refractivity contribution is 5.85. The van der Waals surface area contributed by atoms with Gasteiger partial charge >= 0.3 is 6.16 Å². The molecule has 66 valence electrons. The summed E-state index contributed by atoms with van der Waals surface area (Å²) in [6, 6.07) is 7.06. The summed E-state index contributed by atoms with van der Waals surface area (Å²) in [7, 11) is 0. The molecule has 0 aliphatic rings. The first-order chi connectivity index (χ1) is 6.27. The number of furan rings is 1. The fourth-order valence-corrected chi connectivity index (χ4v) is 1.13. The van der Waals surface area contributed by atoms with Gasteiger partial charge in [-0.1, -0.05) is 12.1 Å². The fraction of sp³-hybridized carbons (Fsp3) is 0. The van der Waals surface area contributed by atoms with Gasteiger partial charge in [0.1, 0.15) is 11.8 Å². The van der Waals surface area contributed by atoms with Crippen molar-refractivity contribution >= 4 is 17.1 Å². The third-order valence-electron chi connectivity index (χ3n) is 1.64. The van der Waals surface area contributed by atoms with Crippen molar-refractivity contribution < 1.29 is 19.1 Å². The molecule has 4 nitrogen and oxygen atoms in total. The molecule has 2 rings (SSSR count). The first-order valence-electron chi connectivity index (χ1n) is 3.64. The summed E-state index contributed by atoms with van der Waals surface area (Å²) in [5.74, 6) is 0.225. The van der Waals surface area contributed by atoms with Crippen LogP contribution in [0.4, 0.5) is 4.79 Å². The van der Waals surface area contributed by atoms with E-state index in [4.69, 9.17) is 9.52 Å². The van der Waals surface area contributed by atoms with Crippen LogP contribution in [0.3, 0.4) is 0 Å². The average Bonchev–Trinajstić information content (AvgIpc) is 2.48. The predicted octanol–water partition coefficient (Wildman–Crippen LogP) is 2.49. The smallest absolute Gasteiger partial charge is 0.460 e. The van der Waals surface area contributed by atoms with Crippen LogP contribution in [0.15, 0.2) is 34.9 Å². The standard InChI is InChI=1S/C9H6O4/c10-9(11)13-8-5-12-7-4-2-1-3-6(7)8/h1-5H,(H,10,11). The van der Waals surface area contributed by atoms with Gasteiger partial charge in [-0.25, -0.2) is 4.79 Å². The van der Waals surface area contributed by atoms with E-state index in [2.05, 4.69) is 4.74 Å². The number of rotatable bonds is 1. The molecule has 13 heavy (non-hydrogen) atoms. The van der Waals surface area contributed by atoms with Crippen LogP contribution in [0.2, 0.25) is 0 Å². The van der Waals surface area contributed by atoms with Crippen LogP contribution in [0, 0.1) is 0 Å². The Hall–Kier alpha value is -1.97. The predicted molar refractivity (Wildman–Crippen MR) is 44.9 cm³/mol. The highest BCUT2D eigenvalue weighted by atomic mass is 16.7. The van der Waals surface area contributed by atoms with Crippen molar-refractivity contribution in [1.82, 2.24) is 0 Å². The number of hydrogen-bond acceptors (Lipinski definition) is 3. The van der Waals surface area contributed by atoms with E-state index >= 15 is 0 Å². The topological polar surface area (TPSA) is 59.7 Å². The minimum Gasteiger partial charge on any atom is -0.460 e. The Balaban J connectivity index is 2.51. The fourth-order valence-electron chi connectivity index (χ4n) is 1.13. The normalized spacial score (nSPS) is 10.2. The molecule has 0 spiro atoms. The van der Waals surface area contributed by atoms with Crippen molar-refractivity contribution in [3.8, 4) is 5.75 Å². The van der Waals surface area contributed by atoms with Crippen molar-refractivity contribution in [2.24, 2.45) is 0 Å². The third-order valence-corrected chi connectivity index (χ3v) is 1.64. The highest BCUT2D eigenvalue weighted by Crippen LogP contribution is 2.27. The Morgan fingerprint density at radius 1 is 1.38 bits per heavy atom. The van der Waals surface area contributed by atoms with Crippen molar-refractivity contribution in [3.05, 3.63) is 30.5 Å². The number of carbonyl (C=O) groups is 1. The molecule has 0 bridgehead atoms. The van der Waals surface area contributed by atoms with Gasteiger partial charge in [0.2, 0.25) is 0 Å². The highest BCUT2D eigenvalue weighted by Gasteiger charge is 2.08. The molecule has 0 amide bonds. The first-order valence-corrected chi connectivity index (χ1v) is 3.64. The van der Waals surface area contributed by atoms with E-state index in [9.17, 15) is 4.79 Å². The molecule has 0 fully saturated rings. The molecule has 0 aliphatic heterocycles. The lowest BCUT2D eigenvalue weighted by atomic mass is 10.2. The molecule has 1 aromatic heterocycles. The van der Waals surface area contributed by atoms with Gasteiger partial charge in [0.15, 0.2) is 5.75 Å². The third kappa shape index (κ3) is 1.33. The monoisotopic (exact) mass is 178 g/mol. The summed E-state index contributed by atoms with van der Waals surface area (Å²) >= 11 is 0. The molecule has 0 radical (unpaired) electrons. The Bertz CT molecular complexity index is 444. The maximum absolute atomic E-state index is 10.2. The SMILES string of the molecule is O=C(O)Oc1coc2ccccc12.